The number of phosphoric acid groups is 1. The van der Waals surface area contributed by atoms with Crippen LogP contribution in [-0.2, 0) is 32.7 Å². The molecule has 0 spiro atoms. The molecule has 3 N–H and O–H groups in total. The van der Waals surface area contributed by atoms with Crippen LogP contribution in [0.5, 0.6) is 0 Å². The van der Waals surface area contributed by atoms with E-state index in [1.165, 1.54) is 238 Å². The van der Waals surface area contributed by atoms with Crippen LogP contribution in [-0.4, -0.2) is 49.3 Å². The summed E-state index contributed by atoms with van der Waals surface area (Å²) < 4.78 is 33.2. The first-order chi connectivity index (χ1) is 38.8. The fraction of sp³-hybridized carbons (Fsp3) is 0.826. The number of hydrogen-bond donors (Lipinski definition) is 2. The van der Waals surface area contributed by atoms with Gasteiger partial charge in [-0.1, -0.05) is 306 Å². The van der Waals surface area contributed by atoms with Gasteiger partial charge in [0.15, 0.2) is 6.10 Å². The summed E-state index contributed by atoms with van der Waals surface area (Å²) >= 11 is 0. The van der Waals surface area contributed by atoms with E-state index in [2.05, 4.69) is 74.6 Å². The van der Waals surface area contributed by atoms with Gasteiger partial charge < -0.3 is 20.1 Å². The molecule has 462 valence electrons. The number of allylic oxidation sites excluding steroid dienone is 10. The first-order valence-electron chi connectivity index (χ1n) is 33.8. The molecule has 2 unspecified atom stereocenters. The van der Waals surface area contributed by atoms with E-state index in [9.17, 15) is 19.0 Å². The molecule has 0 amide bonds. The zero-order valence-electron chi connectivity index (χ0n) is 51.9. The molecule has 0 aliphatic rings. The summed E-state index contributed by atoms with van der Waals surface area (Å²) in [6.07, 6.45) is 83.1. The third kappa shape index (κ3) is 64.7. The van der Waals surface area contributed by atoms with Crippen molar-refractivity contribution in [2.24, 2.45) is 5.73 Å². The predicted molar refractivity (Wildman–Crippen MR) is 340 cm³/mol. The molecule has 0 saturated heterocycles. The number of ether oxygens (including phenoxy) is 2. The van der Waals surface area contributed by atoms with E-state index in [0.29, 0.717) is 6.42 Å². The van der Waals surface area contributed by atoms with Gasteiger partial charge in [0.05, 0.1) is 13.2 Å². The lowest BCUT2D eigenvalue weighted by atomic mass is 10.0. The van der Waals surface area contributed by atoms with Gasteiger partial charge in [0, 0.05) is 19.4 Å². The van der Waals surface area contributed by atoms with Crippen LogP contribution >= 0.6 is 7.82 Å². The van der Waals surface area contributed by atoms with Crippen molar-refractivity contribution in [2.45, 2.75) is 341 Å². The second kappa shape index (κ2) is 64.9. The first-order valence-corrected chi connectivity index (χ1v) is 35.3. The highest BCUT2D eigenvalue weighted by Gasteiger charge is 2.26. The smallest absolute Gasteiger partial charge is 0.462 e. The standard InChI is InChI=1S/C69H128NO8P/c1-3-5-7-9-11-13-15-17-19-21-23-25-27-29-30-31-32-33-34-35-36-38-39-41-43-45-47-49-51-53-55-57-59-61-68(71)75-65-67(66-77-79(73,74)76-64-63-70)78-69(72)62-60-58-56-54-52-50-48-46-44-42-40-37-28-26-24-22-20-18-16-14-12-10-8-6-4-2/h6,8,12,14,18,20-21,23-24,26,67H,3-5,7,9-11,13,15-17,19,22,25,27-66,70H2,1-2H3,(H,73,74)/b8-6-,14-12-,20-18-,23-21-,26-24-. The fourth-order valence-corrected chi connectivity index (χ4v) is 10.7. The van der Waals surface area contributed by atoms with E-state index >= 15 is 0 Å². The summed E-state index contributed by atoms with van der Waals surface area (Å²) in [5, 5.41) is 0. The number of hydrogen-bond acceptors (Lipinski definition) is 8. The highest BCUT2D eigenvalue weighted by Crippen LogP contribution is 2.43. The topological polar surface area (TPSA) is 134 Å². The Kier molecular flexibility index (Phi) is 63.0. The van der Waals surface area contributed by atoms with Crippen LogP contribution in [0.2, 0.25) is 0 Å². The van der Waals surface area contributed by atoms with Gasteiger partial charge in [-0.25, -0.2) is 4.57 Å². The van der Waals surface area contributed by atoms with Gasteiger partial charge in [-0.2, -0.15) is 0 Å². The molecule has 9 nitrogen and oxygen atoms in total. The Morgan fingerprint density at radius 1 is 0.392 bits per heavy atom. The normalized spacial score (nSPS) is 13.3. The third-order valence-electron chi connectivity index (χ3n) is 14.9. The van der Waals surface area contributed by atoms with Crippen molar-refractivity contribution >= 4 is 19.8 Å². The van der Waals surface area contributed by atoms with Gasteiger partial charge in [0.2, 0.25) is 0 Å². The lowest BCUT2D eigenvalue weighted by molar-refractivity contribution is -0.161. The Hall–Kier alpha value is -2.29. The molecule has 0 rings (SSSR count). The van der Waals surface area contributed by atoms with E-state index in [4.69, 9.17) is 24.3 Å². The molecule has 0 saturated carbocycles. The van der Waals surface area contributed by atoms with E-state index in [0.717, 1.165) is 64.2 Å². The third-order valence-corrected chi connectivity index (χ3v) is 15.9. The highest BCUT2D eigenvalue weighted by molar-refractivity contribution is 7.47. The molecule has 0 radical (unpaired) electrons. The number of carbonyl (C=O) groups is 2. The highest BCUT2D eigenvalue weighted by atomic mass is 31.2. The Labute approximate surface area is 489 Å². The van der Waals surface area contributed by atoms with E-state index in [1.54, 1.807) is 0 Å². The second-order valence-corrected chi connectivity index (χ2v) is 24.1. The molecule has 0 fully saturated rings. The van der Waals surface area contributed by atoms with E-state index < -0.39 is 26.5 Å². The SMILES string of the molecule is CC/C=C\C/C=C\C/C=C\C/C=C\CCCCCCCCCCCCCCC(=O)OC(COC(=O)CCCCCCCCCCCCCCCCCCCCCCC/C=C\CCCCCCCCCC)COP(=O)(O)OCCN. The molecule has 2 atom stereocenters. The lowest BCUT2D eigenvalue weighted by Crippen LogP contribution is -2.29. The molecule has 79 heavy (non-hydrogen) atoms. The number of unbranched alkanes of at least 4 members (excludes halogenated alkanes) is 41. The Bertz CT molecular complexity index is 1480. The maximum atomic E-state index is 12.7. The van der Waals surface area contributed by atoms with Crippen LogP contribution in [0.25, 0.3) is 0 Å². The van der Waals surface area contributed by atoms with Gasteiger partial charge >= 0.3 is 19.8 Å². The molecule has 0 heterocycles. The summed E-state index contributed by atoms with van der Waals surface area (Å²) in [5.74, 6) is -0.816. The van der Waals surface area contributed by atoms with Crippen molar-refractivity contribution < 1.29 is 37.6 Å². The molecular formula is C69H128NO8P. The van der Waals surface area contributed by atoms with Crippen molar-refractivity contribution in [1.82, 2.24) is 0 Å². The van der Waals surface area contributed by atoms with Crippen LogP contribution in [0.3, 0.4) is 0 Å². The van der Waals surface area contributed by atoms with Crippen LogP contribution in [0.4, 0.5) is 0 Å². The summed E-state index contributed by atoms with van der Waals surface area (Å²) in [4.78, 5) is 35.3. The second-order valence-electron chi connectivity index (χ2n) is 22.7. The van der Waals surface area contributed by atoms with Gasteiger partial charge in [-0.15, -0.1) is 0 Å². The molecule has 0 bridgehead atoms. The van der Waals surface area contributed by atoms with Crippen molar-refractivity contribution in [1.29, 1.82) is 0 Å². The zero-order chi connectivity index (χ0) is 57.3. The molecular weight excluding hydrogens is 1000 g/mol. The van der Waals surface area contributed by atoms with E-state index in [1.807, 2.05) is 0 Å². The predicted octanol–water partition coefficient (Wildman–Crippen LogP) is 21.9. The maximum Gasteiger partial charge on any atom is 0.472 e. The minimum atomic E-state index is -4.39. The molecule has 0 aliphatic heterocycles. The average molecular weight is 1130 g/mol. The number of esters is 2. The van der Waals surface area contributed by atoms with Crippen LogP contribution in [0.1, 0.15) is 335 Å². The lowest BCUT2D eigenvalue weighted by Gasteiger charge is -2.19. The number of carbonyl (C=O) groups excluding carboxylic acids is 2. The number of phosphoric ester groups is 1. The molecule has 0 aromatic rings. The minimum absolute atomic E-state index is 0.0530. The van der Waals surface area contributed by atoms with Crippen LogP contribution in [0.15, 0.2) is 60.8 Å². The van der Waals surface area contributed by atoms with Gasteiger partial charge in [-0.3, -0.25) is 18.6 Å². The Balaban J connectivity index is 3.84. The zero-order valence-corrected chi connectivity index (χ0v) is 52.8. The molecule has 0 aromatic heterocycles. The minimum Gasteiger partial charge on any atom is -0.462 e. The monoisotopic (exact) mass is 1130 g/mol. The van der Waals surface area contributed by atoms with Crippen LogP contribution < -0.4 is 5.73 Å². The summed E-state index contributed by atoms with van der Waals surface area (Å²) in [6.45, 7) is 3.68. The van der Waals surface area contributed by atoms with Crippen molar-refractivity contribution in [3.63, 3.8) is 0 Å². The maximum absolute atomic E-state index is 12.7. The quantitative estimate of drug-likeness (QED) is 0.0264. The van der Waals surface area contributed by atoms with Crippen molar-refractivity contribution in [3.05, 3.63) is 60.8 Å². The van der Waals surface area contributed by atoms with E-state index in [-0.39, 0.29) is 38.6 Å². The number of rotatable bonds is 64. The Morgan fingerprint density at radius 2 is 0.696 bits per heavy atom. The van der Waals surface area contributed by atoms with Gasteiger partial charge in [0.1, 0.15) is 6.61 Å². The fourth-order valence-electron chi connectivity index (χ4n) is 9.92. The van der Waals surface area contributed by atoms with Crippen LogP contribution in [0, 0.1) is 0 Å². The van der Waals surface area contributed by atoms with Crippen molar-refractivity contribution in [2.75, 3.05) is 26.4 Å². The largest absolute Gasteiger partial charge is 0.472 e. The summed E-state index contributed by atoms with van der Waals surface area (Å²) in [6, 6.07) is 0. The first kappa shape index (κ1) is 76.7. The summed E-state index contributed by atoms with van der Waals surface area (Å²) in [7, 11) is -4.39. The van der Waals surface area contributed by atoms with Gasteiger partial charge in [-0.05, 0) is 77.0 Å². The number of nitrogens with two attached hydrogens (primary N) is 1. The van der Waals surface area contributed by atoms with Crippen molar-refractivity contribution in [3.8, 4) is 0 Å². The van der Waals surface area contributed by atoms with Gasteiger partial charge in [0.25, 0.3) is 0 Å². The Morgan fingerprint density at radius 3 is 1.05 bits per heavy atom. The molecule has 10 heteroatoms. The summed E-state index contributed by atoms with van der Waals surface area (Å²) in [5.41, 5.74) is 5.40. The average Bonchev–Trinajstić information content (AvgIpc) is 3.44. The molecule has 0 aromatic carbocycles. The molecule has 0 aliphatic carbocycles.